The lowest BCUT2D eigenvalue weighted by Crippen LogP contribution is -2.52. The highest BCUT2D eigenvalue weighted by Crippen LogP contribution is 2.21. The average Bonchev–Trinajstić information content (AvgIpc) is 2.33. The van der Waals surface area contributed by atoms with E-state index in [1.165, 1.54) is 6.42 Å². The first kappa shape index (κ1) is 15.9. The SMILES string of the molecule is CCC(CC)C(O)CNC1CC(C)N(C)CC1C. The molecular weight excluding hydrogens is 224 g/mol. The Hall–Kier alpha value is -0.120. The van der Waals surface area contributed by atoms with E-state index in [0.29, 0.717) is 23.9 Å². The van der Waals surface area contributed by atoms with Gasteiger partial charge in [0, 0.05) is 25.2 Å². The molecule has 4 atom stereocenters. The molecule has 108 valence electrons. The van der Waals surface area contributed by atoms with Crippen LogP contribution in [-0.4, -0.2) is 48.3 Å². The third-order valence-corrected chi connectivity index (χ3v) is 4.79. The number of nitrogens with one attached hydrogen (secondary N) is 1. The van der Waals surface area contributed by atoms with Gasteiger partial charge in [-0.1, -0.05) is 33.6 Å². The lowest BCUT2D eigenvalue weighted by Gasteiger charge is -2.40. The van der Waals surface area contributed by atoms with Gasteiger partial charge in [0.05, 0.1) is 6.10 Å². The van der Waals surface area contributed by atoms with Crippen molar-refractivity contribution in [3.63, 3.8) is 0 Å². The van der Waals surface area contributed by atoms with Crippen LogP contribution < -0.4 is 5.32 Å². The molecule has 1 saturated heterocycles. The number of likely N-dealkylation sites (tertiary alicyclic amines) is 1. The lowest BCUT2D eigenvalue weighted by molar-refractivity contribution is 0.0777. The predicted octanol–water partition coefficient (Wildman–Crippen LogP) is 2.10. The van der Waals surface area contributed by atoms with Gasteiger partial charge in [-0.15, -0.1) is 0 Å². The molecule has 4 unspecified atom stereocenters. The normalized spacial score (nSPS) is 31.8. The number of aliphatic hydroxyl groups excluding tert-OH is 1. The molecular formula is C15H32N2O. The molecule has 1 aliphatic rings. The maximum Gasteiger partial charge on any atom is 0.0692 e. The van der Waals surface area contributed by atoms with E-state index in [2.05, 4.69) is 45.0 Å². The number of nitrogens with zero attached hydrogens (tertiary/aromatic N) is 1. The van der Waals surface area contributed by atoms with Crippen molar-refractivity contribution in [2.45, 2.75) is 65.1 Å². The average molecular weight is 256 g/mol. The highest BCUT2D eigenvalue weighted by molar-refractivity contribution is 4.87. The van der Waals surface area contributed by atoms with Crippen LogP contribution in [0.2, 0.25) is 0 Å². The molecule has 0 aromatic carbocycles. The molecule has 1 rings (SSSR count). The van der Waals surface area contributed by atoms with Crippen molar-refractivity contribution in [3.05, 3.63) is 0 Å². The van der Waals surface area contributed by atoms with E-state index in [-0.39, 0.29) is 6.10 Å². The van der Waals surface area contributed by atoms with Gasteiger partial charge >= 0.3 is 0 Å². The Kier molecular flexibility index (Phi) is 6.61. The van der Waals surface area contributed by atoms with Gasteiger partial charge in [0.2, 0.25) is 0 Å². The Morgan fingerprint density at radius 2 is 1.89 bits per heavy atom. The van der Waals surface area contributed by atoms with Crippen molar-refractivity contribution in [2.24, 2.45) is 11.8 Å². The predicted molar refractivity (Wildman–Crippen MR) is 77.7 cm³/mol. The van der Waals surface area contributed by atoms with Crippen LogP contribution in [-0.2, 0) is 0 Å². The van der Waals surface area contributed by atoms with Crippen LogP contribution in [0, 0.1) is 11.8 Å². The van der Waals surface area contributed by atoms with Gasteiger partial charge in [-0.2, -0.15) is 0 Å². The van der Waals surface area contributed by atoms with Gasteiger partial charge in [-0.3, -0.25) is 0 Å². The molecule has 0 spiro atoms. The first-order valence-electron chi connectivity index (χ1n) is 7.61. The summed E-state index contributed by atoms with van der Waals surface area (Å²) in [6, 6.07) is 1.20. The molecule has 1 aliphatic heterocycles. The van der Waals surface area contributed by atoms with Crippen molar-refractivity contribution >= 4 is 0 Å². The molecule has 0 saturated carbocycles. The lowest BCUT2D eigenvalue weighted by atomic mass is 9.89. The van der Waals surface area contributed by atoms with E-state index < -0.39 is 0 Å². The van der Waals surface area contributed by atoms with Gasteiger partial charge in [0.15, 0.2) is 0 Å². The zero-order valence-corrected chi connectivity index (χ0v) is 12.8. The topological polar surface area (TPSA) is 35.5 Å². The van der Waals surface area contributed by atoms with Crippen LogP contribution in [0.15, 0.2) is 0 Å². The molecule has 0 bridgehead atoms. The molecule has 0 radical (unpaired) electrons. The second-order valence-corrected chi connectivity index (χ2v) is 6.16. The molecule has 1 heterocycles. The van der Waals surface area contributed by atoms with E-state index in [4.69, 9.17) is 0 Å². The van der Waals surface area contributed by atoms with Crippen LogP contribution >= 0.6 is 0 Å². The van der Waals surface area contributed by atoms with E-state index in [0.717, 1.165) is 25.9 Å². The molecule has 2 N–H and O–H groups in total. The Morgan fingerprint density at radius 1 is 1.28 bits per heavy atom. The van der Waals surface area contributed by atoms with E-state index >= 15 is 0 Å². The van der Waals surface area contributed by atoms with Gasteiger partial charge in [-0.05, 0) is 32.2 Å². The van der Waals surface area contributed by atoms with E-state index in [1.807, 2.05) is 0 Å². The number of rotatable bonds is 6. The molecule has 3 heteroatoms. The fourth-order valence-corrected chi connectivity index (χ4v) is 3.10. The second kappa shape index (κ2) is 7.46. The van der Waals surface area contributed by atoms with Crippen molar-refractivity contribution in [3.8, 4) is 0 Å². The Labute approximate surface area is 113 Å². The molecule has 3 nitrogen and oxygen atoms in total. The van der Waals surface area contributed by atoms with Crippen LogP contribution in [0.25, 0.3) is 0 Å². The number of aliphatic hydroxyl groups is 1. The van der Waals surface area contributed by atoms with E-state index in [9.17, 15) is 5.11 Å². The molecule has 0 aromatic rings. The van der Waals surface area contributed by atoms with Crippen LogP contribution in [0.3, 0.4) is 0 Å². The summed E-state index contributed by atoms with van der Waals surface area (Å²) < 4.78 is 0. The number of hydrogen-bond acceptors (Lipinski definition) is 3. The molecule has 0 aromatic heterocycles. The number of hydrogen-bond donors (Lipinski definition) is 2. The monoisotopic (exact) mass is 256 g/mol. The molecule has 0 aliphatic carbocycles. The van der Waals surface area contributed by atoms with Gasteiger partial charge in [0.1, 0.15) is 0 Å². The second-order valence-electron chi connectivity index (χ2n) is 6.16. The summed E-state index contributed by atoms with van der Waals surface area (Å²) in [6.07, 6.45) is 3.13. The van der Waals surface area contributed by atoms with Gasteiger partial charge in [-0.25, -0.2) is 0 Å². The van der Waals surface area contributed by atoms with Crippen LogP contribution in [0.5, 0.6) is 0 Å². The van der Waals surface area contributed by atoms with E-state index in [1.54, 1.807) is 0 Å². The molecule has 0 amide bonds. The summed E-state index contributed by atoms with van der Waals surface area (Å²) in [6.45, 7) is 10.8. The smallest absolute Gasteiger partial charge is 0.0692 e. The van der Waals surface area contributed by atoms with Crippen molar-refractivity contribution in [2.75, 3.05) is 20.1 Å². The Bertz CT molecular complexity index is 231. The quantitative estimate of drug-likeness (QED) is 0.764. The zero-order valence-electron chi connectivity index (χ0n) is 12.8. The zero-order chi connectivity index (χ0) is 13.7. The third kappa shape index (κ3) is 4.22. The maximum atomic E-state index is 10.2. The number of piperidine rings is 1. The minimum atomic E-state index is -0.192. The maximum absolute atomic E-state index is 10.2. The third-order valence-electron chi connectivity index (χ3n) is 4.79. The molecule has 1 fully saturated rings. The fraction of sp³-hybridized carbons (Fsp3) is 1.00. The first-order valence-corrected chi connectivity index (χ1v) is 7.61. The molecule has 18 heavy (non-hydrogen) atoms. The van der Waals surface area contributed by atoms with Crippen LogP contribution in [0.4, 0.5) is 0 Å². The minimum Gasteiger partial charge on any atom is -0.392 e. The highest BCUT2D eigenvalue weighted by Gasteiger charge is 2.29. The Morgan fingerprint density at radius 3 is 2.44 bits per heavy atom. The minimum absolute atomic E-state index is 0.192. The van der Waals surface area contributed by atoms with Crippen molar-refractivity contribution < 1.29 is 5.11 Å². The van der Waals surface area contributed by atoms with Crippen molar-refractivity contribution in [1.82, 2.24) is 10.2 Å². The van der Waals surface area contributed by atoms with Gasteiger partial charge < -0.3 is 15.3 Å². The summed E-state index contributed by atoms with van der Waals surface area (Å²) in [5.74, 6) is 1.11. The summed E-state index contributed by atoms with van der Waals surface area (Å²) in [5.41, 5.74) is 0. The van der Waals surface area contributed by atoms with Crippen molar-refractivity contribution in [1.29, 1.82) is 0 Å². The van der Waals surface area contributed by atoms with Gasteiger partial charge in [0.25, 0.3) is 0 Å². The summed E-state index contributed by atoms with van der Waals surface area (Å²) in [4.78, 5) is 2.43. The fourth-order valence-electron chi connectivity index (χ4n) is 3.10. The summed E-state index contributed by atoms with van der Waals surface area (Å²) >= 11 is 0. The standard InChI is InChI=1S/C15H32N2O/c1-6-13(7-2)15(18)9-16-14-8-12(4)17(5)10-11(14)3/h11-16,18H,6-10H2,1-5H3. The first-order chi connectivity index (χ1) is 8.49. The summed E-state index contributed by atoms with van der Waals surface area (Å²) in [7, 11) is 2.20. The van der Waals surface area contributed by atoms with Crippen LogP contribution in [0.1, 0.15) is 47.0 Å². The Balaban J connectivity index is 2.38. The highest BCUT2D eigenvalue weighted by atomic mass is 16.3. The summed E-state index contributed by atoms with van der Waals surface area (Å²) in [5, 5.41) is 13.8. The largest absolute Gasteiger partial charge is 0.392 e.